The van der Waals surface area contributed by atoms with Gasteiger partial charge >= 0.3 is 6.09 Å². The van der Waals surface area contributed by atoms with Crippen LogP contribution in [0.3, 0.4) is 0 Å². The molecule has 21 heavy (non-hydrogen) atoms. The molecular weight excluding hydrogens is 268 g/mol. The van der Waals surface area contributed by atoms with E-state index in [0.717, 1.165) is 17.8 Å². The van der Waals surface area contributed by atoms with E-state index in [0.29, 0.717) is 19.6 Å². The second-order valence-electron chi connectivity index (χ2n) is 6.77. The summed E-state index contributed by atoms with van der Waals surface area (Å²) in [5.74, 6) is 0. The minimum absolute atomic E-state index is 0.248. The Morgan fingerprint density at radius 3 is 2.62 bits per heavy atom. The molecule has 6 heteroatoms. The number of rotatable bonds is 2. The highest BCUT2D eigenvalue weighted by molar-refractivity contribution is 5.68. The summed E-state index contributed by atoms with van der Waals surface area (Å²) >= 11 is 0. The van der Waals surface area contributed by atoms with Gasteiger partial charge in [-0.1, -0.05) is 0 Å². The molecule has 2 N–H and O–H groups in total. The molecule has 1 aliphatic rings. The summed E-state index contributed by atoms with van der Waals surface area (Å²) in [6.07, 6.45) is 0.521. The first kappa shape index (κ1) is 15.8. The molecule has 0 fully saturated rings. The van der Waals surface area contributed by atoms with Crippen LogP contribution in [0.25, 0.3) is 0 Å². The zero-order chi connectivity index (χ0) is 15.8. The maximum Gasteiger partial charge on any atom is 0.410 e. The van der Waals surface area contributed by atoms with Crippen LogP contribution in [0.4, 0.5) is 4.79 Å². The van der Waals surface area contributed by atoms with Crippen LogP contribution in [0.1, 0.15) is 57.6 Å². The fraction of sp³-hybridized carbons (Fsp3) is 0.733. The SMILES string of the molecule is CC(C)n1nc(CN)c2c1CN(C(=O)OC(C)(C)C)CC2. The Morgan fingerprint density at radius 1 is 1.43 bits per heavy atom. The van der Waals surface area contributed by atoms with Gasteiger partial charge in [0, 0.05) is 24.7 Å². The monoisotopic (exact) mass is 294 g/mol. The standard InChI is InChI=1S/C15H26N4O2/c1-10(2)19-13-9-18(14(20)21-15(3,4)5)7-6-11(13)12(8-16)17-19/h10H,6-9,16H2,1-5H3. The van der Waals surface area contributed by atoms with Gasteiger partial charge in [-0.3, -0.25) is 4.68 Å². The number of hydrogen-bond acceptors (Lipinski definition) is 4. The van der Waals surface area contributed by atoms with E-state index >= 15 is 0 Å². The molecule has 1 aliphatic heterocycles. The third-order valence-corrected chi connectivity index (χ3v) is 3.51. The Hall–Kier alpha value is -1.56. The second-order valence-corrected chi connectivity index (χ2v) is 6.77. The molecule has 2 heterocycles. The van der Waals surface area contributed by atoms with Gasteiger partial charge in [0.15, 0.2) is 0 Å². The Labute approximate surface area is 126 Å². The van der Waals surface area contributed by atoms with Gasteiger partial charge in [0.1, 0.15) is 5.60 Å². The number of nitrogens with zero attached hydrogens (tertiary/aromatic N) is 3. The van der Waals surface area contributed by atoms with Crippen LogP contribution in [-0.2, 0) is 24.2 Å². The zero-order valence-electron chi connectivity index (χ0n) is 13.6. The minimum atomic E-state index is -0.474. The molecule has 0 atom stereocenters. The van der Waals surface area contributed by atoms with Crippen molar-refractivity contribution in [2.75, 3.05) is 6.54 Å². The number of aromatic nitrogens is 2. The predicted molar refractivity (Wildman–Crippen MR) is 80.9 cm³/mol. The number of hydrogen-bond donors (Lipinski definition) is 1. The van der Waals surface area contributed by atoms with Gasteiger partial charge in [-0.2, -0.15) is 5.10 Å². The molecule has 2 rings (SSSR count). The number of carbonyl (C=O) groups excluding carboxylic acids is 1. The van der Waals surface area contributed by atoms with E-state index in [9.17, 15) is 4.79 Å². The fourth-order valence-corrected chi connectivity index (χ4v) is 2.59. The Bertz CT molecular complexity index is 529. The normalized spacial score (nSPS) is 15.3. The van der Waals surface area contributed by atoms with Crippen LogP contribution < -0.4 is 5.73 Å². The lowest BCUT2D eigenvalue weighted by atomic mass is 10.0. The lowest BCUT2D eigenvalue weighted by molar-refractivity contribution is 0.0217. The summed E-state index contributed by atoms with van der Waals surface area (Å²) in [5, 5.41) is 4.59. The molecule has 0 radical (unpaired) electrons. The lowest BCUT2D eigenvalue weighted by Crippen LogP contribution is -2.40. The number of carbonyl (C=O) groups is 1. The number of nitrogens with two attached hydrogens (primary N) is 1. The molecule has 118 valence electrons. The highest BCUT2D eigenvalue weighted by Gasteiger charge is 2.30. The maximum absolute atomic E-state index is 12.2. The van der Waals surface area contributed by atoms with E-state index in [2.05, 4.69) is 18.9 Å². The van der Waals surface area contributed by atoms with E-state index < -0.39 is 5.60 Å². The highest BCUT2D eigenvalue weighted by Crippen LogP contribution is 2.26. The van der Waals surface area contributed by atoms with Crippen molar-refractivity contribution in [2.45, 2.75) is 65.8 Å². The maximum atomic E-state index is 12.2. The second kappa shape index (κ2) is 5.67. The van der Waals surface area contributed by atoms with Crippen LogP contribution in [0, 0.1) is 0 Å². The van der Waals surface area contributed by atoms with Crippen molar-refractivity contribution >= 4 is 6.09 Å². The van der Waals surface area contributed by atoms with Gasteiger partial charge in [-0.25, -0.2) is 4.79 Å². The molecule has 0 unspecified atom stereocenters. The Morgan fingerprint density at radius 2 is 2.10 bits per heavy atom. The van der Waals surface area contributed by atoms with Crippen molar-refractivity contribution in [1.82, 2.24) is 14.7 Å². The number of amides is 1. The van der Waals surface area contributed by atoms with Gasteiger partial charge in [-0.05, 0) is 41.0 Å². The first-order chi connectivity index (χ1) is 9.73. The smallest absolute Gasteiger partial charge is 0.410 e. The van der Waals surface area contributed by atoms with Crippen molar-refractivity contribution in [1.29, 1.82) is 0 Å². The largest absolute Gasteiger partial charge is 0.444 e. The minimum Gasteiger partial charge on any atom is -0.444 e. The van der Waals surface area contributed by atoms with Crippen LogP contribution in [0.5, 0.6) is 0 Å². The highest BCUT2D eigenvalue weighted by atomic mass is 16.6. The molecule has 6 nitrogen and oxygen atoms in total. The van der Waals surface area contributed by atoms with Crippen molar-refractivity contribution in [3.8, 4) is 0 Å². The van der Waals surface area contributed by atoms with Crippen LogP contribution >= 0.6 is 0 Å². The summed E-state index contributed by atoms with van der Waals surface area (Å²) in [7, 11) is 0. The van der Waals surface area contributed by atoms with Crippen LogP contribution in [0.15, 0.2) is 0 Å². The van der Waals surface area contributed by atoms with Gasteiger partial charge in [0.05, 0.1) is 17.9 Å². The van der Waals surface area contributed by atoms with Crippen molar-refractivity contribution < 1.29 is 9.53 Å². The summed E-state index contributed by atoms with van der Waals surface area (Å²) in [6.45, 7) is 11.4. The molecule has 0 saturated carbocycles. The molecule has 0 aromatic carbocycles. The molecular formula is C15H26N4O2. The van der Waals surface area contributed by atoms with E-state index in [1.807, 2.05) is 25.5 Å². The lowest BCUT2D eigenvalue weighted by Gasteiger charge is -2.31. The van der Waals surface area contributed by atoms with Gasteiger partial charge in [0.25, 0.3) is 0 Å². The summed E-state index contributed by atoms with van der Waals surface area (Å²) in [4.78, 5) is 14.0. The van der Waals surface area contributed by atoms with Crippen molar-refractivity contribution in [3.05, 3.63) is 17.0 Å². The average Bonchev–Trinajstić information content (AvgIpc) is 2.74. The van der Waals surface area contributed by atoms with E-state index in [1.165, 1.54) is 5.56 Å². The van der Waals surface area contributed by atoms with E-state index in [1.54, 1.807) is 4.90 Å². The van der Waals surface area contributed by atoms with Crippen molar-refractivity contribution in [2.24, 2.45) is 5.73 Å². The molecule has 0 bridgehead atoms. The van der Waals surface area contributed by atoms with Crippen molar-refractivity contribution in [3.63, 3.8) is 0 Å². The average molecular weight is 294 g/mol. The fourth-order valence-electron chi connectivity index (χ4n) is 2.59. The third kappa shape index (κ3) is 3.37. The number of fused-ring (bicyclic) bond motifs is 1. The molecule has 0 spiro atoms. The molecule has 1 aromatic rings. The number of ether oxygens (including phenoxy) is 1. The first-order valence-electron chi connectivity index (χ1n) is 7.50. The zero-order valence-corrected chi connectivity index (χ0v) is 13.6. The van der Waals surface area contributed by atoms with Gasteiger partial charge in [-0.15, -0.1) is 0 Å². The molecule has 0 saturated heterocycles. The Kier molecular flexibility index (Phi) is 4.27. The molecule has 1 amide bonds. The summed E-state index contributed by atoms with van der Waals surface area (Å²) < 4.78 is 7.44. The molecule has 1 aromatic heterocycles. The topological polar surface area (TPSA) is 73.4 Å². The quantitative estimate of drug-likeness (QED) is 0.907. The van der Waals surface area contributed by atoms with E-state index in [-0.39, 0.29) is 12.1 Å². The van der Waals surface area contributed by atoms with E-state index in [4.69, 9.17) is 10.5 Å². The molecule has 0 aliphatic carbocycles. The predicted octanol–water partition coefficient (Wildman–Crippen LogP) is 2.22. The summed E-state index contributed by atoms with van der Waals surface area (Å²) in [5.41, 5.74) is 8.54. The summed E-state index contributed by atoms with van der Waals surface area (Å²) in [6, 6.07) is 0.248. The Balaban J connectivity index is 2.23. The van der Waals surface area contributed by atoms with Gasteiger partial charge in [0.2, 0.25) is 0 Å². The van der Waals surface area contributed by atoms with Gasteiger partial charge < -0.3 is 15.4 Å². The first-order valence-corrected chi connectivity index (χ1v) is 7.50. The van der Waals surface area contributed by atoms with Crippen LogP contribution in [-0.4, -0.2) is 32.9 Å². The third-order valence-electron chi connectivity index (χ3n) is 3.51. The van der Waals surface area contributed by atoms with Crippen LogP contribution in [0.2, 0.25) is 0 Å².